The number of carbonyl (C=O) groups excluding carboxylic acids is 1. The van der Waals surface area contributed by atoms with E-state index in [9.17, 15) is 4.79 Å². The standard InChI is InChI=1S/C12H17NO3/c1-4-15-10-6-9(12(14)13-3)7-11(8-10)16-5-2/h6-8H,4-5H2,1-3H3,(H,13,14). The highest BCUT2D eigenvalue weighted by molar-refractivity contribution is 5.94. The van der Waals surface area contributed by atoms with Crippen LogP contribution < -0.4 is 14.8 Å². The van der Waals surface area contributed by atoms with Crippen molar-refractivity contribution in [2.24, 2.45) is 0 Å². The number of hydrogen-bond acceptors (Lipinski definition) is 3. The summed E-state index contributed by atoms with van der Waals surface area (Å²) in [5, 5.41) is 2.57. The quantitative estimate of drug-likeness (QED) is 0.828. The van der Waals surface area contributed by atoms with Gasteiger partial charge in [0.1, 0.15) is 11.5 Å². The first-order chi connectivity index (χ1) is 7.71. The van der Waals surface area contributed by atoms with Gasteiger partial charge in [0.2, 0.25) is 0 Å². The predicted molar refractivity (Wildman–Crippen MR) is 62.2 cm³/mol. The molecule has 0 aliphatic rings. The van der Waals surface area contributed by atoms with E-state index in [-0.39, 0.29) is 5.91 Å². The largest absolute Gasteiger partial charge is 0.494 e. The van der Waals surface area contributed by atoms with Gasteiger partial charge in [-0.05, 0) is 26.0 Å². The summed E-state index contributed by atoms with van der Waals surface area (Å²) in [4.78, 5) is 11.5. The van der Waals surface area contributed by atoms with Crippen LogP contribution in [0.15, 0.2) is 18.2 Å². The van der Waals surface area contributed by atoms with Gasteiger partial charge in [0.25, 0.3) is 5.91 Å². The van der Waals surface area contributed by atoms with E-state index in [2.05, 4.69) is 5.32 Å². The highest BCUT2D eigenvalue weighted by atomic mass is 16.5. The molecule has 1 rings (SSSR count). The molecule has 0 aromatic heterocycles. The monoisotopic (exact) mass is 223 g/mol. The fraction of sp³-hybridized carbons (Fsp3) is 0.417. The topological polar surface area (TPSA) is 47.6 Å². The molecule has 0 saturated carbocycles. The fourth-order valence-corrected chi connectivity index (χ4v) is 1.35. The van der Waals surface area contributed by atoms with Crippen LogP contribution in [-0.2, 0) is 0 Å². The normalized spacial score (nSPS) is 9.69. The number of carbonyl (C=O) groups is 1. The smallest absolute Gasteiger partial charge is 0.251 e. The molecule has 4 heteroatoms. The summed E-state index contributed by atoms with van der Waals surface area (Å²) in [6, 6.07) is 5.18. The van der Waals surface area contributed by atoms with E-state index in [1.165, 1.54) is 0 Å². The molecule has 0 aliphatic carbocycles. The van der Waals surface area contributed by atoms with Gasteiger partial charge in [0.05, 0.1) is 13.2 Å². The Kier molecular flexibility index (Phi) is 4.64. The van der Waals surface area contributed by atoms with Crippen molar-refractivity contribution in [1.82, 2.24) is 5.32 Å². The van der Waals surface area contributed by atoms with Gasteiger partial charge in [-0.1, -0.05) is 0 Å². The second kappa shape index (κ2) is 6.00. The SMILES string of the molecule is CCOc1cc(OCC)cc(C(=O)NC)c1. The zero-order chi connectivity index (χ0) is 12.0. The highest BCUT2D eigenvalue weighted by Gasteiger charge is 2.08. The number of hydrogen-bond donors (Lipinski definition) is 1. The van der Waals surface area contributed by atoms with Gasteiger partial charge in [0, 0.05) is 18.7 Å². The first-order valence-electron chi connectivity index (χ1n) is 5.34. The van der Waals surface area contributed by atoms with Crippen molar-refractivity contribution in [3.63, 3.8) is 0 Å². The number of ether oxygens (including phenoxy) is 2. The van der Waals surface area contributed by atoms with E-state index in [1.54, 1.807) is 25.2 Å². The Labute approximate surface area is 95.6 Å². The van der Waals surface area contributed by atoms with Crippen LogP contribution in [0.5, 0.6) is 11.5 Å². The summed E-state index contributed by atoms with van der Waals surface area (Å²) in [6.07, 6.45) is 0. The predicted octanol–water partition coefficient (Wildman–Crippen LogP) is 1.84. The number of amides is 1. The van der Waals surface area contributed by atoms with Crippen LogP contribution in [0.25, 0.3) is 0 Å². The minimum Gasteiger partial charge on any atom is -0.494 e. The van der Waals surface area contributed by atoms with Crippen molar-refractivity contribution < 1.29 is 14.3 Å². The highest BCUT2D eigenvalue weighted by Crippen LogP contribution is 2.23. The van der Waals surface area contributed by atoms with Crippen LogP contribution in [0.4, 0.5) is 0 Å². The van der Waals surface area contributed by atoms with E-state index in [0.717, 1.165) is 0 Å². The zero-order valence-electron chi connectivity index (χ0n) is 9.87. The van der Waals surface area contributed by atoms with E-state index >= 15 is 0 Å². The Morgan fingerprint density at radius 2 is 1.62 bits per heavy atom. The van der Waals surface area contributed by atoms with Crippen LogP contribution in [0, 0.1) is 0 Å². The number of benzene rings is 1. The molecule has 0 spiro atoms. The first-order valence-corrected chi connectivity index (χ1v) is 5.34. The van der Waals surface area contributed by atoms with Crippen LogP contribution in [-0.4, -0.2) is 26.2 Å². The Morgan fingerprint density at radius 3 is 2.00 bits per heavy atom. The van der Waals surface area contributed by atoms with Crippen molar-refractivity contribution >= 4 is 5.91 Å². The Hall–Kier alpha value is -1.71. The molecule has 0 heterocycles. The molecule has 1 aromatic carbocycles. The molecule has 0 bridgehead atoms. The second-order valence-electron chi connectivity index (χ2n) is 3.14. The van der Waals surface area contributed by atoms with Crippen LogP contribution in [0.1, 0.15) is 24.2 Å². The third-order valence-electron chi connectivity index (χ3n) is 1.99. The van der Waals surface area contributed by atoms with Gasteiger partial charge in [-0.25, -0.2) is 0 Å². The first kappa shape index (κ1) is 12.4. The molecule has 0 saturated heterocycles. The lowest BCUT2D eigenvalue weighted by Gasteiger charge is -2.09. The van der Waals surface area contributed by atoms with Crippen LogP contribution in [0.2, 0.25) is 0 Å². The Bertz CT molecular complexity index is 339. The molecule has 0 atom stereocenters. The summed E-state index contributed by atoms with van der Waals surface area (Å²) in [5.41, 5.74) is 0.539. The van der Waals surface area contributed by atoms with Crippen molar-refractivity contribution in [3.05, 3.63) is 23.8 Å². The van der Waals surface area contributed by atoms with E-state index in [1.807, 2.05) is 13.8 Å². The number of nitrogens with one attached hydrogen (secondary N) is 1. The molecule has 0 radical (unpaired) electrons. The summed E-state index contributed by atoms with van der Waals surface area (Å²) < 4.78 is 10.7. The Morgan fingerprint density at radius 1 is 1.12 bits per heavy atom. The van der Waals surface area contributed by atoms with Crippen LogP contribution in [0.3, 0.4) is 0 Å². The van der Waals surface area contributed by atoms with Gasteiger partial charge < -0.3 is 14.8 Å². The van der Waals surface area contributed by atoms with Gasteiger partial charge in [-0.15, -0.1) is 0 Å². The van der Waals surface area contributed by atoms with Crippen molar-refractivity contribution in [2.45, 2.75) is 13.8 Å². The average molecular weight is 223 g/mol. The van der Waals surface area contributed by atoms with E-state index in [0.29, 0.717) is 30.3 Å². The number of rotatable bonds is 5. The summed E-state index contributed by atoms with van der Waals surface area (Å²) in [7, 11) is 1.59. The molecule has 1 amide bonds. The molecular weight excluding hydrogens is 206 g/mol. The molecule has 0 aliphatic heterocycles. The molecule has 1 aromatic rings. The van der Waals surface area contributed by atoms with Gasteiger partial charge in [-0.2, -0.15) is 0 Å². The third kappa shape index (κ3) is 3.15. The van der Waals surface area contributed by atoms with Crippen molar-refractivity contribution in [3.8, 4) is 11.5 Å². The molecule has 1 N–H and O–H groups in total. The molecule has 0 unspecified atom stereocenters. The van der Waals surface area contributed by atoms with Crippen molar-refractivity contribution in [1.29, 1.82) is 0 Å². The maximum Gasteiger partial charge on any atom is 0.251 e. The summed E-state index contributed by atoms with van der Waals surface area (Å²) >= 11 is 0. The van der Waals surface area contributed by atoms with E-state index < -0.39 is 0 Å². The van der Waals surface area contributed by atoms with Gasteiger partial charge >= 0.3 is 0 Å². The zero-order valence-corrected chi connectivity index (χ0v) is 9.87. The summed E-state index contributed by atoms with van der Waals surface area (Å²) in [5.74, 6) is 1.14. The summed E-state index contributed by atoms with van der Waals surface area (Å²) in [6.45, 7) is 4.91. The lowest BCUT2D eigenvalue weighted by molar-refractivity contribution is 0.0962. The molecule has 0 fully saturated rings. The molecule has 16 heavy (non-hydrogen) atoms. The Balaban J connectivity index is 3.02. The maximum atomic E-state index is 11.5. The lowest BCUT2D eigenvalue weighted by atomic mass is 10.2. The lowest BCUT2D eigenvalue weighted by Crippen LogP contribution is -2.17. The third-order valence-corrected chi connectivity index (χ3v) is 1.99. The maximum absolute atomic E-state index is 11.5. The fourth-order valence-electron chi connectivity index (χ4n) is 1.35. The molecule has 88 valence electrons. The average Bonchev–Trinajstić information content (AvgIpc) is 2.28. The van der Waals surface area contributed by atoms with Crippen molar-refractivity contribution in [2.75, 3.05) is 20.3 Å². The van der Waals surface area contributed by atoms with Gasteiger partial charge in [-0.3, -0.25) is 4.79 Å². The van der Waals surface area contributed by atoms with Gasteiger partial charge in [0.15, 0.2) is 0 Å². The minimum absolute atomic E-state index is 0.150. The second-order valence-corrected chi connectivity index (χ2v) is 3.14. The van der Waals surface area contributed by atoms with E-state index in [4.69, 9.17) is 9.47 Å². The molecule has 4 nitrogen and oxygen atoms in total. The molecular formula is C12H17NO3. The van der Waals surface area contributed by atoms with Crippen LogP contribution >= 0.6 is 0 Å². The minimum atomic E-state index is -0.150.